The second-order valence-corrected chi connectivity index (χ2v) is 5.38. The van der Waals surface area contributed by atoms with Crippen LogP contribution in [0.4, 0.5) is 11.4 Å². The van der Waals surface area contributed by atoms with Crippen LogP contribution in [-0.2, 0) is 12.8 Å². The number of rotatable bonds is 2. The molecule has 0 spiro atoms. The summed E-state index contributed by atoms with van der Waals surface area (Å²) < 4.78 is 0. The molecule has 3 heteroatoms. The number of carbonyl (C=O) groups is 1. The van der Waals surface area contributed by atoms with E-state index in [1.165, 1.54) is 17.5 Å². The highest BCUT2D eigenvalue weighted by atomic mass is 16.1. The molecule has 3 rings (SSSR count). The van der Waals surface area contributed by atoms with Gasteiger partial charge in [-0.1, -0.05) is 12.1 Å². The summed E-state index contributed by atoms with van der Waals surface area (Å²) in [5, 5.41) is 2.93. The van der Waals surface area contributed by atoms with E-state index >= 15 is 0 Å². The molecule has 0 bridgehead atoms. The lowest BCUT2D eigenvalue weighted by atomic mass is 10.1. The highest BCUT2D eigenvalue weighted by molar-refractivity contribution is 6.07. The second-order valence-electron chi connectivity index (χ2n) is 5.38. The second kappa shape index (κ2) is 5.00. The van der Waals surface area contributed by atoms with E-state index in [1.54, 1.807) is 6.07 Å². The van der Waals surface area contributed by atoms with Gasteiger partial charge in [0, 0.05) is 11.4 Å². The monoisotopic (exact) mass is 266 g/mol. The van der Waals surface area contributed by atoms with Crippen molar-refractivity contribution < 1.29 is 4.79 Å². The largest absolute Gasteiger partial charge is 0.398 e. The molecule has 1 aliphatic carbocycles. The van der Waals surface area contributed by atoms with Crippen LogP contribution in [0.15, 0.2) is 36.4 Å². The molecule has 0 saturated heterocycles. The van der Waals surface area contributed by atoms with Crippen LogP contribution in [0.3, 0.4) is 0 Å². The van der Waals surface area contributed by atoms with Crippen molar-refractivity contribution in [2.24, 2.45) is 0 Å². The predicted molar refractivity (Wildman–Crippen MR) is 82.0 cm³/mol. The van der Waals surface area contributed by atoms with Crippen molar-refractivity contribution in [2.45, 2.75) is 26.2 Å². The molecule has 1 amide bonds. The summed E-state index contributed by atoms with van der Waals surface area (Å²) >= 11 is 0. The number of benzene rings is 2. The van der Waals surface area contributed by atoms with Gasteiger partial charge in [-0.25, -0.2) is 0 Å². The van der Waals surface area contributed by atoms with Crippen LogP contribution in [0.1, 0.15) is 33.5 Å². The van der Waals surface area contributed by atoms with Crippen molar-refractivity contribution in [1.29, 1.82) is 0 Å². The van der Waals surface area contributed by atoms with Crippen molar-refractivity contribution in [1.82, 2.24) is 0 Å². The summed E-state index contributed by atoms with van der Waals surface area (Å²) in [6.07, 6.45) is 3.46. The van der Waals surface area contributed by atoms with Gasteiger partial charge in [0.15, 0.2) is 0 Å². The summed E-state index contributed by atoms with van der Waals surface area (Å²) in [5.41, 5.74) is 11.6. The zero-order valence-electron chi connectivity index (χ0n) is 11.6. The van der Waals surface area contributed by atoms with E-state index in [1.807, 2.05) is 25.1 Å². The van der Waals surface area contributed by atoms with E-state index in [0.717, 1.165) is 24.1 Å². The standard InChI is InChI=1S/C17H18N2O/c1-11-5-8-15(16(18)9-11)17(20)19-14-7-6-12-3-2-4-13(12)10-14/h5-10H,2-4,18H2,1H3,(H,19,20). The van der Waals surface area contributed by atoms with Gasteiger partial charge in [0.25, 0.3) is 5.91 Å². The molecule has 2 aromatic carbocycles. The van der Waals surface area contributed by atoms with Crippen LogP contribution >= 0.6 is 0 Å². The van der Waals surface area contributed by atoms with E-state index in [0.29, 0.717) is 11.3 Å². The van der Waals surface area contributed by atoms with E-state index in [9.17, 15) is 4.79 Å². The van der Waals surface area contributed by atoms with Crippen molar-refractivity contribution in [2.75, 3.05) is 11.1 Å². The Balaban J connectivity index is 1.82. The minimum absolute atomic E-state index is 0.152. The molecular weight excluding hydrogens is 248 g/mol. The zero-order valence-corrected chi connectivity index (χ0v) is 11.6. The van der Waals surface area contributed by atoms with Gasteiger partial charge in [-0.2, -0.15) is 0 Å². The predicted octanol–water partition coefficient (Wildman–Crippen LogP) is 3.32. The molecule has 102 valence electrons. The first-order chi connectivity index (χ1) is 9.63. The highest BCUT2D eigenvalue weighted by Gasteiger charge is 2.13. The van der Waals surface area contributed by atoms with Gasteiger partial charge in [0.2, 0.25) is 0 Å². The summed E-state index contributed by atoms with van der Waals surface area (Å²) in [5.74, 6) is -0.152. The van der Waals surface area contributed by atoms with Gasteiger partial charge in [0.1, 0.15) is 0 Å². The topological polar surface area (TPSA) is 55.1 Å². The van der Waals surface area contributed by atoms with Gasteiger partial charge in [-0.05, 0) is 67.1 Å². The molecule has 0 heterocycles. The van der Waals surface area contributed by atoms with Gasteiger partial charge in [-0.15, -0.1) is 0 Å². The molecule has 0 saturated carbocycles. The lowest BCUT2D eigenvalue weighted by Crippen LogP contribution is -2.14. The van der Waals surface area contributed by atoms with Crippen molar-refractivity contribution >= 4 is 17.3 Å². The van der Waals surface area contributed by atoms with E-state index in [2.05, 4.69) is 17.4 Å². The molecule has 0 aromatic heterocycles. The molecule has 0 fully saturated rings. The van der Waals surface area contributed by atoms with Crippen molar-refractivity contribution in [3.63, 3.8) is 0 Å². The molecule has 3 nitrogen and oxygen atoms in total. The maximum Gasteiger partial charge on any atom is 0.257 e. The van der Waals surface area contributed by atoms with E-state index in [4.69, 9.17) is 5.73 Å². The van der Waals surface area contributed by atoms with Gasteiger partial charge >= 0.3 is 0 Å². The Kier molecular flexibility index (Phi) is 3.18. The van der Waals surface area contributed by atoms with Crippen molar-refractivity contribution in [3.8, 4) is 0 Å². The van der Waals surface area contributed by atoms with Gasteiger partial charge in [-0.3, -0.25) is 4.79 Å². The molecule has 0 unspecified atom stereocenters. The number of fused-ring (bicyclic) bond motifs is 1. The Morgan fingerprint density at radius 2 is 1.90 bits per heavy atom. The smallest absolute Gasteiger partial charge is 0.257 e. The molecule has 3 N–H and O–H groups in total. The molecule has 20 heavy (non-hydrogen) atoms. The first-order valence-corrected chi connectivity index (χ1v) is 6.93. The normalized spacial score (nSPS) is 13.1. The third kappa shape index (κ3) is 2.39. The van der Waals surface area contributed by atoms with Crippen LogP contribution in [0.25, 0.3) is 0 Å². The average molecular weight is 266 g/mol. The quantitative estimate of drug-likeness (QED) is 0.819. The van der Waals surface area contributed by atoms with Crippen LogP contribution in [-0.4, -0.2) is 5.91 Å². The molecule has 2 aromatic rings. The van der Waals surface area contributed by atoms with E-state index in [-0.39, 0.29) is 5.91 Å². The lowest BCUT2D eigenvalue weighted by molar-refractivity contribution is 0.102. The minimum atomic E-state index is -0.152. The average Bonchev–Trinajstić information content (AvgIpc) is 2.85. The Bertz CT molecular complexity index is 677. The van der Waals surface area contributed by atoms with Crippen LogP contribution < -0.4 is 11.1 Å². The summed E-state index contributed by atoms with van der Waals surface area (Å²) in [4.78, 5) is 12.3. The van der Waals surface area contributed by atoms with Crippen molar-refractivity contribution in [3.05, 3.63) is 58.7 Å². The fourth-order valence-electron chi connectivity index (χ4n) is 2.74. The summed E-state index contributed by atoms with van der Waals surface area (Å²) in [7, 11) is 0. The summed E-state index contributed by atoms with van der Waals surface area (Å²) in [6, 6.07) is 11.6. The SMILES string of the molecule is Cc1ccc(C(=O)Nc2ccc3c(c2)CCC3)c(N)c1. The molecule has 0 radical (unpaired) electrons. The van der Waals surface area contributed by atoms with Crippen LogP contribution in [0.2, 0.25) is 0 Å². The number of nitrogens with two attached hydrogens (primary N) is 1. The maximum atomic E-state index is 12.3. The number of aryl methyl sites for hydroxylation is 3. The number of anilines is 2. The number of carbonyl (C=O) groups excluding carboxylic acids is 1. The van der Waals surface area contributed by atoms with E-state index < -0.39 is 0 Å². The third-order valence-electron chi connectivity index (χ3n) is 3.81. The zero-order chi connectivity index (χ0) is 14.1. The Morgan fingerprint density at radius 1 is 1.10 bits per heavy atom. The molecule has 0 atom stereocenters. The Labute approximate surface area is 118 Å². The third-order valence-corrected chi connectivity index (χ3v) is 3.81. The molecule has 0 aliphatic heterocycles. The number of amides is 1. The summed E-state index contributed by atoms with van der Waals surface area (Å²) in [6.45, 7) is 1.96. The maximum absolute atomic E-state index is 12.3. The number of hydrogen-bond acceptors (Lipinski definition) is 2. The fourth-order valence-corrected chi connectivity index (χ4v) is 2.74. The van der Waals surface area contributed by atoms with Gasteiger partial charge in [0.05, 0.1) is 5.56 Å². The highest BCUT2D eigenvalue weighted by Crippen LogP contribution is 2.25. The van der Waals surface area contributed by atoms with Gasteiger partial charge < -0.3 is 11.1 Å². The molecule has 1 aliphatic rings. The minimum Gasteiger partial charge on any atom is -0.398 e. The molecular formula is C17H18N2O. The Hall–Kier alpha value is -2.29. The fraction of sp³-hybridized carbons (Fsp3) is 0.235. The first-order valence-electron chi connectivity index (χ1n) is 6.93. The first kappa shape index (κ1) is 12.7. The number of hydrogen-bond donors (Lipinski definition) is 2. The number of nitrogen functional groups attached to an aromatic ring is 1. The van der Waals surface area contributed by atoms with Crippen LogP contribution in [0, 0.1) is 6.92 Å². The lowest BCUT2D eigenvalue weighted by Gasteiger charge is -2.09. The number of nitrogens with one attached hydrogen (secondary N) is 1. The Morgan fingerprint density at radius 3 is 2.70 bits per heavy atom. The van der Waals surface area contributed by atoms with Crippen LogP contribution in [0.5, 0.6) is 0 Å².